The molecular weight excluding hydrogens is 604 g/mol. The van der Waals surface area contributed by atoms with Crippen molar-refractivity contribution in [3.05, 3.63) is 59.7 Å². The highest BCUT2D eigenvalue weighted by atomic mass is 16.5. The summed E-state index contributed by atoms with van der Waals surface area (Å²) in [6, 6.07) is 10.5. The highest BCUT2D eigenvalue weighted by molar-refractivity contribution is 5.85. The summed E-state index contributed by atoms with van der Waals surface area (Å²) in [5.74, 6) is -0.541. The minimum absolute atomic E-state index is 0.196. The zero-order chi connectivity index (χ0) is 34.4. The maximum absolute atomic E-state index is 13.6. The quantitative estimate of drug-likeness (QED) is 0.163. The number of carbonyl (C=O) groups excluding carboxylic acids is 2. The van der Waals surface area contributed by atoms with Gasteiger partial charge in [-0.15, -0.1) is 0 Å². The van der Waals surface area contributed by atoms with Gasteiger partial charge in [0.25, 0.3) is 0 Å². The highest BCUT2D eigenvalue weighted by Gasteiger charge is 2.81. The molecule has 48 heavy (non-hydrogen) atoms. The van der Waals surface area contributed by atoms with E-state index < -0.39 is 40.2 Å². The molecule has 1 aliphatic heterocycles. The number of ether oxygens (including phenoxy) is 2. The van der Waals surface area contributed by atoms with Crippen molar-refractivity contribution in [2.75, 3.05) is 6.61 Å². The number of rotatable bonds is 12. The van der Waals surface area contributed by atoms with Crippen LogP contribution < -0.4 is 0 Å². The molecule has 2 bridgehead atoms. The van der Waals surface area contributed by atoms with Crippen LogP contribution in [0.5, 0.6) is 0 Å². The molecule has 4 aliphatic carbocycles. The van der Waals surface area contributed by atoms with Gasteiger partial charge in [0.05, 0.1) is 22.7 Å². The van der Waals surface area contributed by atoms with Crippen LogP contribution in [-0.4, -0.2) is 57.3 Å². The number of aliphatic hydroxyl groups is 3. The summed E-state index contributed by atoms with van der Waals surface area (Å²) in [6.07, 6.45) is 14.7. The second kappa shape index (κ2) is 13.3. The van der Waals surface area contributed by atoms with Crippen LogP contribution in [0.3, 0.4) is 0 Å². The van der Waals surface area contributed by atoms with Crippen molar-refractivity contribution in [3.8, 4) is 0 Å². The lowest BCUT2D eigenvalue weighted by Crippen LogP contribution is -2.83. The van der Waals surface area contributed by atoms with Crippen molar-refractivity contribution < 1.29 is 34.4 Å². The molecule has 9 atom stereocenters. The Morgan fingerprint density at radius 1 is 1.02 bits per heavy atom. The molecule has 0 radical (unpaired) electrons. The molecule has 3 saturated carbocycles. The van der Waals surface area contributed by atoms with Crippen LogP contribution in [0.2, 0.25) is 0 Å². The first-order valence-electron chi connectivity index (χ1n) is 18.7. The fourth-order valence-corrected chi connectivity index (χ4v) is 11.5. The van der Waals surface area contributed by atoms with Crippen LogP contribution in [0.1, 0.15) is 117 Å². The molecule has 264 valence electrons. The van der Waals surface area contributed by atoms with Crippen LogP contribution in [0, 0.1) is 34.0 Å². The molecule has 0 aromatic heterocycles. The third-order valence-corrected chi connectivity index (χ3v) is 13.9. The van der Waals surface area contributed by atoms with Gasteiger partial charge in [-0.1, -0.05) is 82.5 Å². The van der Waals surface area contributed by atoms with E-state index in [9.17, 15) is 24.9 Å². The molecule has 0 saturated heterocycles. The minimum atomic E-state index is -1.55. The zero-order valence-electron chi connectivity index (χ0n) is 29.6. The number of benzene rings is 1. The van der Waals surface area contributed by atoms with Gasteiger partial charge in [0.2, 0.25) is 0 Å². The number of aryl methyl sites for hydroxylation is 1. The molecule has 6 rings (SSSR count). The third-order valence-electron chi connectivity index (χ3n) is 13.9. The first-order valence-corrected chi connectivity index (χ1v) is 18.7. The third kappa shape index (κ3) is 5.80. The van der Waals surface area contributed by atoms with Crippen LogP contribution in [-0.2, 0) is 25.5 Å². The monoisotopic (exact) mass is 662 g/mol. The van der Waals surface area contributed by atoms with E-state index in [1.165, 1.54) is 18.6 Å². The van der Waals surface area contributed by atoms with Crippen LogP contribution in [0.4, 0.5) is 0 Å². The molecule has 1 heterocycles. The van der Waals surface area contributed by atoms with Gasteiger partial charge in [0.1, 0.15) is 12.7 Å². The van der Waals surface area contributed by atoms with Crippen molar-refractivity contribution in [2.24, 2.45) is 34.0 Å². The molecule has 1 aromatic carbocycles. The Hall–Kier alpha value is -2.48. The molecule has 1 spiro atoms. The van der Waals surface area contributed by atoms with E-state index >= 15 is 0 Å². The second-order valence-corrected chi connectivity index (χ2v) is 16.7. The van der Waals surface area contributed by atoms with Gasteiger partial charge in [0.15, 0.2) is 0 Å². The largest absolute Gasteiger partial charge is 0.462 e. The predicted octanol–water partition coefficient (Wildman–Crippen LogP) is 7.02. The summed E-state index contributed by atoms with van der Waals surface area (Å²) >= 11 is 0. The fraction of sp³-hybridized carbons (Fsp3) is 0.707. The Bertz CT molecular complexity index is 1400. The first kappa shape index (κ1) is 35.3. The van der Waals surface area contributed by atoms with Gasteiger partial charge < -0.3 is 24.8 Å². The molecule has 7 heteroatoms. The Labute approximate surface area is 287 Å². The second-order valence-electron chi connectivity index (χ2n) is 16.7. The number of aliphatic hydroxyl groups excluding tert-OH is 1. The fourth-order valence-electron chi connectivity index (χ4n) is 11.5. The van der Waals surface area contributed by atoms with Gasteiger partial charge in [0, 0.05) is 24.3 Å². The maximum atomic E-state index is 13.6. The summed E-state index contributed by atoms with van der Waals surface area (Å²) in [5.41, 5.74) is -3.61. The van der Waals surface area contributed by atoms with Crippen molar-refractivity contribution in [1.82, 2.24) is 0 Å². The molecule has 1 aromatic rings. The van der Waals surface area contributed by atoms with Crippen LogP contribution in [0.15, 0.2) is 54.1 Å². The number of fused-ring (bicyclic) bond motifs is 1. The highest BCUT2D eigenvalue weighted by Crippen LogP contribution is 2.75. The standard InChI is InChI=1S/C41H58O7/c1-28(11-10-14-30-12-6-5-7-13-30)17-21-39(45)24-23-37(3)26-33(48-29(2)42)36-38(4,32-15-8-9-16-32)20-19-34(43)41(36,39)40(37,46)22-18-31-25-35(44)47-27-31/h5-7,12-13,23-25,28,32-34,36,43,45-46H,8-11,14-22,26-27H2,1-4H3/t28-,33-,34-,36+,37+,38+,39+,40-,41+/m1/s1. The molecule has 7 nitrogen and oxygen atoms in total. The number of cyclic esters (lactones) is 1. The average molecular weight is 663 g/mol. The van der Waals surface area contributed by atoms with Crippen molar-refractivity contribution in [2.45, 2.75) is 141 Å². The minimum Gasteiger partial charge on any atom is -0.462 e. The maximum Gasteiger partial charge on any atom is 0.331 e. The lowest BCUT2D eigenvalue weighted by Gasteiger charge is -2.76. The molecule has 3 fully saturated rings. The first-order chi connectivity index (χ1) is 22.8. The Kier molecular flexibility index (Phi) is 9.82. The molecule has 3 N–H and O–H groups in total. The van der Waals surface area contributed by atoms with E-state index in [0.29, 0.717) is 37.5 Å². The molecule has 0 amide bonds. The Morgan fingerprint density at radius 3 is 2.42 bits per heavy atom. The summed E-state index contributed by atoms with van der Waals surface area (Å²) in [4.78, 5) is 24.8. The van der Waals surface area contributed by atoms with Crippen molar-refractivity contribution >= 4 is 11.9 Å². The molecular formula is C41H58O7. The average Bonchev–Trinajstić information content (AvgIpc) is 3.74. The van der Waals surface area contributed by atoms with Gasteiger partial charge in [-0.25, -0.2) is 4.79 Å². The van der Waals surface area contributed by atoms with E-state index in [4.69, 9.17) is 9.47 Å². The van der Waals surface area contributed by atoms with Crippen LogP contribution in [0.25, 0.3) is 0 Å². The number of hydrogen-bond acceptors (Lipinski definition) is 7. The van der Waals surface area contributed by atoms with E-state index in [1.54, 1.807) is 0 Å². The Morgan fingerprint density at radius 2 is 1.75 bits per heavy atom. The molecule has 5 aliphatic rings. The number of carbonyl (C=O) groups is 2. The van der Waals surface area contributed by atoms with E-state index in [0.717, 1.165) is 63.4 Å². The lowest BCUT2D eigenvalue weighted by molar-refractivity contribution is -0.361. The SMILES string of the molecule is CC(=O)O[C@@H]1C[C@]2(C)C=C[C@@](O)(CC[C@H](C)CCCc3ccccc3)[C@@]3([C@H](O)CC[C@@](C)(C4CCCC4)[C@H]13)[C@@]2(O)CCC1=CC(=O)OC1. The van der Waals surface area contributed by atoms with Crippen molar-refractivity contribution in [1.29, 1.82) is 0 Å². The number of esters is 2. The normalized spacial score (nSPS) is 39.9. The summed E-state index contributed by atoms with van der Waals surface area (Å²) in [6.45, 7) is 8.17. The van der Waals surface area contributed by atoms with Crippen LogP contribution >= 0.6 is 0 Å². The summed E-state index contributed by atoms with van der Waals surface area (Å²) < 4.78 is 11.5. The van der Waals surface area contributed by atoms with Gasteiger partial charge >= 0.3 is 11.9 Å². The van der Waals surface area contributed by atoms with Gasteiger partial charge in [-0.05, 0) is 99.0 Å². The van der Waals surface area contributed by atoms with Crippen molar-refractivity contribution in [3.63, 3.8) is 0 Å². The molecule has 0 unspecified atom stereocenters. The summed E-state index contributed by atoms with van der Waals surface area (Å²) in [7, 11) is 0. The van der Waals surface area contributed by atoms with E-state index in [1.807, 2.05) is 25.1 Å². The lowest BCUT2D eigenvalue weighted by atomic mass is 9.31. The van der Waals surface area contributed by atoms with E-state index in [-0.39, 0.29) is 30.4 Å². The summed E-state index contributed by atoms with van der Waals surface area (Å²) in [5, 5.41) is 39.6. The van der Waals surface area contributed by atoms with E-state index in [2.05, 4.69) is 38.1 Å². The predicted molar refractivity (Wildman–Crippen MR) is 185 cm³/mol. The zero-order valence-corrected chi connectivity index (χ0v) is 29.6. The Balaban J connectivity index is 1.41. The van der Waals surface area contributed by atoms with Gasteiger partial charge in [-0.2, -0.15) is 0 Å². The smallest absolute Gasteiger partial charge is 0.331 e. The number of hydrogen-bond donors (Lipinski definition) is 3. The topological polar surface area (TPSA) is 113 Å². The van der Waals surface area contributed by atoms with Gasteiger partial charge in [-0.3, -0.25) is 4.79 Å².